The summed E-state index contributed by atoms with van der Waals surface area (Å²) < 4.78 is 25.4. The lowest BCUT2D eigenvalue weighted by Crippen LogP contribution is -2.42. The van der Waals surface area contributed by atoms with Gasteiger partial charge in [-0.25, -0.2) is 9.18 Å². The Hall–Kier alpha value is -3.68. The first-order valence-corrected chi connectivity index (χ1v) is 10.6. The van der Waals surface area contributed by atoms with Crippen LogP contribution in [-0.4, -0.2) is 41.8 Å². The third-order valence-corrected chi connectivity index (χ3v) is 4.79. The molecule has 33 heavy (non-hydrogen) atoms. The van der Waals surface area contributed by atoms with Crippen LogP contribution in [0, 0.1) is 5.82 Å². The Morgan fingerprint density at radius 1 is 1.15 bits per heavy atom. The molecule has 1 heterocycles. The summed E-state index contributed by atoms with van der Waals surface area (Å²) in [7, 11) is 3.46. The zero-order valence-corrected chi connectivity index (χ0v) is 19.7. The van der Waals surface area contributed by atoms with Crippen molar-refractivity contribution in [1.82, 2.24) is 15.4 Å². The Labute approximate surface area is 193 Å². The number of rotatable bonds is 4. The summed E-state index contributed by atoms with van der Waals surface area (Å²) in [4.78, 5) is 18.0. The van der Waals surface area contributed by atoms with Crippen LogP contribution in [0.1, 0.15) is 44.9 Å². The van der Waals surface area contributed by atoms with Crippen molar-refractivity contribution in [2.45, 2.75) is 39.2 Å². The molecule has 174 valence electrons. The van der Waals surface area contributed by atoms with Crippen LogP contribution in [0.15, 0.2) is 64.1 Å². The third-order valence-electron chi connectivity index (χ3n) is 4.79. The number of nitrogens with one attached hydrogen (secondary N) is 1. The molecule has 7 nitrogen and oxygen atoms in total. The van der Waals surface area contributed by atoms with Crippen molar-refractivity contribution in [1.29, 1.82) is 0 Å². The number of carbonyl (C=O) groups is 1. The van der Waals surface area contributed by atoms with Gasteiger partial charge in [-0.3, -0.25) is 5.32 Å². The molecular weight excluding hydrogens is 423 g/mol. The number of aliphatic imine (C=N–C) groups is 1. The molecule has 3 aromatic rings. The highest BCUT2D eigenvalue weighted by atomic mass is 19.1. The lowest BCUT2D eigenvalue weighted by Gasteiger charge is -2.21. The fraction of sp³-hybridized carbons (Fsp3) is 0.320. The molecule has 2 aromatic carbocycles. The number of nitrogens with zero attached hydrogens (tertiary/aromatic N) is 3. The quantitative estimate of drug-likeness (QED) is 0.405. The first-order valence-electron chi connectivity index (χ1n) is 10.6. The molecule has 1 amide bonds. The Balaban J connectivity index is 1.78. The number of hydrogen-bond donors (Lipinski definition) is 1. The highest BCUT2D eigenvalue weighted by Gasteiger charge is 2.20. The second-order valence-electron chi connectivity index (χ2n) is 8.87. The Morgan fingerprint density at radius 3 is 2.45 bits per heavy atom. The van der Waals surface area contributed by atoms with Crippen LogP contribution in [-0.2, 0) is 4.74 Å². The minimum Gasteiger partial charge on any atom is -0.444 e. The zero-order chi connectivity index (χ0) is 24.2. The standard InChI is InChI=1S/C25H29FN4O3/c1-16(18-12-13-19(20(26)14-18)17-10-8-7-9-11-17)21-15-22(33-29-21)27-23(30(5)6)28-24(31)32-25(2,3)4/h7-16H,1-6H3,(H,27,28,31). The molecule has 0 aliphatic rings. The van der Waals surface area contributed by atoms with Crippen molar-refractivity contribution < 1.29 is 18.4 Å². The topological polar surface area (TPSA) is 80.0 Å². The maximum Gasteiger partial charge on any atom is 0.414 e. The van der Waals surface area contributed by atoms with E-state index in [2.05, 4.69) is 15.5 Å². The van der Waals surface area contributed by atoms with Crippen LogP contribution in [0.3, 0.4) is 0 Å². The molecule has 0 bridgehead atoms. The summed E-state index contributed by atoms with van der Waals surface area (Å²) >= 11 is 0. The van der Waals surface area contributed by atoms with Gasteiger partial charge in [0.25, 0.3) is 5.88 Å². The summed E-state index contributed by atoms with van der Waals surface area (Å²) in [5.74, 6) is -0.0850. The molecule has 0 saturated heterocycles. The zero-order valence-electron chi connectivity index (χ0n) is 19.7. The molecule has 8 heteroatoms. The monoisotopic (exact) mass is 452 g/mol. The molecule has 1 N–H and O–H groups in total. The highest BCUT2D eigenvalue weighted by molar-refractivity contribution is 5.94. The number of amides is 1. The van der Waals surface area contributed by atoms with Gasteiger partial charge in [0.15, 0.2) is 0 Å². The minimum absolute atomic E-state index is 0.206. The van der Waals surface area contributed by atoms with Crippen LogP contribution in [0.2, 0.25) is 0 Å². The highest BCUT2D eigenvalue weighted by Crippen LogP contribution is 2.30. The Morgan fingerprint density at radius 2 is 1.85 bits per heavy atom. The van der Waals surface area contributed by atoms with Gasteiger partial charge in [0.1, 0.15) is 11.4 Å². The average Bonchev–Trinajstić information content (AvgIpc) is 3.20. The van der Waals surface area contributed by atoms with Crippen molar-refractivity contribution in [2.24, 2.45) is 4.99 Å². The SMILES string of the molecule is CC(c1ccc(-c2ccccc2)c(F)c1)c1cc(/N=C(/NC(=O)OC(C)(C)C)N(C)C)on1. The number of alkyl carbamates (subject to hydrolysis) is 1. The molecule has 0 saturated carbocycles. The van der Waals surface area contributed by atoms with Crippen LogP contribution in [0.5, 0.6) is 0 Å². The van der Waals surface area contributed by atoms with Gasteiger partial charge in [-0.2, -0.15) is 4.99 Å². The molecule has 1 aromatic heterocycles. The number of halogens is 1. The number of aromatic nitrogens is 1. The van der Waals surface area contributed by atoms with Gasteiger partial charge in [-0.15, -0.1) is 0 Å². The molecule has 0 aliphatic heterocycles. The number of benzene rings is 2. The number of hydrogen-bond acceptors (Lipinski definition) is 5. The largest absolute Gasteiger partial charge is 0.444 e. The Kier molecular flexibility index (Phi) is 7.16. The Bertz CT molecular complexity index is 1130. The summed E-state index contributed by atoms with van der Waals surface area (Å²) in [5, 5.41) is 6.69. The normalized spacial score (nSPS) is 12.9. The molecule has 1 atom stereocenters. The second-order valence-corrected chi connectivity index (χ2v) is 8.87. The van der Waals surface area contributed by atoms with E-state index < -0.39 is 11.7 Å². The van der Waals surface area contributed by atoms with Gasteiger partial charge in [-0.05, 0) is 38.0 Å². The van der Waals surface area contributed by atoms with Crippen molar-refractivity contribution in [3.63, 3.8) is 0 Å². The molecule has 3 rings (SSSR count). The van der Waals surface area contributed by atoms with Crippen LogP contribution >= 0.6 is 0 Å². The summed E-state index contributed by atoms with van der Waals surface area (Å²) in [5.41, 5.74) is 2.08. The molecular formula is C25H29FN4O3. The molecule has 0 radical (unpaired) electrons. The number of guanidine groups is 1. The second kappa shape index (κ2) is 9.85. The first-order chi connectivity index (χ1) is 15.5. The van der Waals surface area contributed by atoms with Crippen molar-refractivity contribution in [3.8, 4) is 11.1 Å². The van der Waals surface area contributed by atoms with Gasteiger partial charge in [-0.1, -0.05) is 54.5 Å². The van der Waals surface area contributed by atoms with E-state index in [4.69, 9.17) is 9.26 Å². The van der Waals surface area contributed by atoms with E-state index in [9.17, 15) is 9.18 Å². The average molecular weight is 453 g/mol. The van der Waals surface area contributed by atoms with E-state index in [0.717, 1.165) is 11.1 Å². The fourth-order valence-corrected chi connectivity index (χ4v) is 3.10. The van der Waals surface area contributed by atoms with Crippen molar-refractivity contribution in [2.75, 3.05) is 14.1 Å². The number of carbonyl (C=O) groups excluding carboxylic acids is 1. The van der Waals surface area contributed by atoms with E-state index in [1.165, 1.54) is 6.07 Å². The molecule has 0 spiro atoms. The number of ether oxygens (including phenoxy) is 1. The lowest BCUT2D eigenvalue weighted by molar-refractivity contribution is 0.0558. The summed E-state index contributed by atoms with van der Waals surface area (Å²) in [6.07, 6.45) is -0.628. The maximum absolute atomic E-state index is 14.8. The van der Waals surface area contributed by atoms with E-state index in [1.807, 2.05) is 43.3 Å². The smallest absolute Gasteiger partial charge is 0.414 e. The van der Waals surface area contributed by atoms with Crippen LogP contribution < -0.4 is 5.32 Å². The summed E-state index contributed by atoms with van der Waals surface area (Å²) in [6.45, 7) is 7.24. The fourth-order valence-electron chi connectivity index (χ4n) is 3.10. The molecule has 0 fully saturated rings. The van der Waals surface area contributed by atoms with E-state index >= 15 is 0 Å². The van der Waals surface area contributed by atoms with Crippen molar-refractivity contribution >= 4 is 17.9 Å². The molecule has 1 unspecified atom stereocenters. The maximum atomic E-state index is 14.8. The first kappa shape index (κ1) is 24.0. The summed E-state index contributed by atoms with van der Waals surface area (Å²) in [6, 6.07) is 16.2. The van der Waals surface area contributed by atoms with E-state index in [1.54, 1.807) is 51.9 Å². The van der Waals surface area contributed by atoms with Gasteiger partial charge in [0, 0.05) is 31.6 Å². The van der Waals surface area contributed by atoms with Gasteiger partial charge in [0.2, 0.25) is 5.96 Å². The third kappa shape index (κ3) is 6.41. The molecule has 0 aliphatic carbocycles. The van der Waals surface area contributed by atoms with E-state index in [-0.39, 0.29) is 23.6 Å². The lowest BCUT2D eigenvalue weighted by atomic mass is 9.95. The van der Waals surface area contributed by atoms with Crippen LogP contribution in [0.25, 0.3) is 11.1 Å². The van der Waals surface area contributed by atoms with Crippen LogP contribution in [0.4, 0.5) is 15.1 Å². The van der Waals surface area contributed by atoms with E-state index in [0.29, 0.717) is 11.3 Å². The van der Waals surface area contributed by atoms with Gasteiger partial charge in [0.05, 0.1) is 5.69 Å². The predicted molar refractivity (Wildman–Crippen MR) is 126 cm³/mol. The van der Waals surface area contributed by atoms with Gasteiger partial charge < -0.3 is 14.2 Å². The minimum atomic E-state index is -0.637. The predicted octanol–water partition coefficient (Wildman–Crippen LogP) is 5.71. The van der Waals surface area contributed by atoms with Gasteiger partial charge >= 0.3 is 6.09 Å². The van der Waals surface area contributed by atoms with Crippen molar-refractivity contribution in [3.05, 3.63) is 71.7 Å².